The SMILES string of the molecule is CCCC1(CNCc2c(C)nn(CCO)c2C)CC1. The van der Waals surface area contributed by atoms with Crippen LogP contribution in [0.2, 0.25) is 0 Å². The maximum absolute atomic E-state index is 9.02. The van der Waals surface area contributed by atoms with Gasteiger partial charge in [0.05, 0.1) is 18.8 Å². The van der Waals surface area contributed by atoms with E-state index in [0.29, 0.717) is 12.0 Å². The van der Waals surface area contributed by atoms with Gasteiger partial charge in [-0.2, -0.15) is 5.10 Å². The highest BCUT2D eigenvalue weighted by molar-refractivity contribution is 5.24. The van der Waals surface area contributed by atoms with Crippen molar-refractivity contribution in [1.29, 1.82) is 0 Å². The van der Waals surface area contributed by atoms with Gasteiger partial charge in [-0.05, 0) is 38.5 Å². The van der Waals surface area contributed by atoms with Crippen LogP contribution in [0.3, 0.4) is 0 Å². The van der Waals surface area contributed by atoms with Crippen molar-refractivity contribution in [3.05, 3.63) is 17.0 Å². The Morgan fingerprint density at radius 2 is 2.11 bits per heavy atom. The summed E-state index contributed by atoms with van der Waals surface area (Å²) < 4.78 is 1.91. The number of rotatable bonds is 8. The molecule has 0 saturated heterocycles. The molecule has 2 rings (SSSR count). The first kappa shape index (κ1) is 14.5. The monoisotopic (exact) mass is 265 g/mol. The molecule has 0 amide bonds. The van der Waals surface area contributed by atoms with E-state index in [1.807, 2.05) is 4.68 Å². The van der Waals surface area contributed by atoms with Crippen molar-refractivity contribution in [2.45, 2.75) is 59.5 Å². The molecule has 1 saturated carbocycles. The second-order valence-electron chi connectivity index (χ2n) is 5.95. The van der Waals surface area contributed by atoms with Crippen LogP contribution in [0.15, 0.2) is 0 Å². The minimum atomic E-state index is 0.147. The Labute approximate surface area is 116 Å². The molecule has 2 N–H and O–H groups in total. The van der Waals surface area contributed by atoms with Gasteiger partial charge in [-0.3, -0.25) is 4.68 Å². The van der Waals surface area contributed by atoms with Gasteiger partial charge < -0.3 is 10.4 Å². The lowest BCUT2D eigenvalue weighted by Gasteiger charge is -2.15. The molecule has 0 unspecified atom stereocenters. The van der Waals surface area contributed by atoms with E-state index >= 15 is 0 Å². The zero-order valence-corrected chi connectivity index (χ0v) is 12.5. The normalized spacial score (nSPS) is 16.8. The second-order valence-corrected chi connectivity index (χ2v) is 5.95. The summed E-state index contributed by atoms with van der Waals surface area (Å²) >= 11 is 0. The van der Waals surface area contributed by atoms with E-state index < -0.39 is 0 Å². The summed E-state index contributed by atoms with van der Waals surface area (Å²) in [5.74, 6) is 0. The molecule has 1 heterocycles. The first-order valence-electron chi connectivity index (χ1n) is 7.46. The van der Waals surface area contributed by atoms with Crippen LogP contribution >= 0.6 is 0 Å². The Kier molecular flexibility index (Phi) is 4.63. The van der Waals surface area contributed by atoms with E-state index in [-0.39, 0.29) is 6.61 Å². The molecule has 1 aliphatic rings. The number of aliphatic hydroxyl groups is 1. The smallest absolute Gasteiger partial charge is 0.0644 e. The molecule has 4 nitrogen and oxygen atoms in total. The van der Waals surface area contributed by atoms with Crippen LogP contribution in [0.25, 0.3) is 0 Å². The standard InChI is InChI=1S/C15H27N3O/c1-4-5-15(6-7-15)11-16-10-14-12(2)17-18(8-9-19)13(14)3/h16,19H,4-11H2,1-3H3. The number of aryl methyl sites for hydroxylation is 1. The highest BCUT2D eigenvalue weighted by Crippen LogP contribution is 2.48. The molecule has 19 heavy (non-hydrogen) atoms. The lowest BCUT2D eigenvalue weighted by Crippen LogP contribution is -2.24. The van der Waals surface area contributed by atoms with Crippen molar-refractivity contribution in [2.24, 2.45) is 5.41 Å². The number of aliphatic hydroxyl groups excluding tert-OH is 1. The number of nitrogens with one attached hydrogen (secondary N) is 1. The van der Waals surface area contributed by atoms with Gasteiger partial charge in [0.2, 0.25) is 0 Å². The zero-order chi connectivity index (χ0) is 13.9. The second kappa shape index (κ2) is 6.06. The highest BCUT2D eigenvalue weighted by Gasteiger charge is 2.40. The summed E-state index contributed by atoms with van der Waals surface area (Å²) in [6.45, 7) is 9.18. The van der Waals surface area contributed by atoms with Gasteiger partial charge in [0, 0.05) is 24.3 Å². The van der Waals surface area contributed by atoms with E-state index in [2.05, 4.69) is 31.2 Å². The quantitative estimate of drug-likeness (QED) is 0.757. The molecule has 0 atom stereocenters. The summed E-state index contributed by atoms with van der Waals surface area (Å²) in [6, 6.07) is 0. The maximum atomic E-state index is 9.02. The Bertz CT molecular complexity index is 421. The van der Waals surface area contributed by atoms with Crippen molar-refractivity contribution in [3.63, 3.8) is 0 Å². The molecule has 0 bridgehead atoms. The van der Waals surface area contributed by atoms with Gasteiger partial charge in [0.25, 0.3) is 0 Å². The van der Waals surface area contributed by atoms with E-state index in [0.717, 1.165) is 18.8 Å². The van der Waals surface area contributed by atoms with Crippen LogP contribution in [0.5, 0.6) is 0 Å². The number of nitrogens with zero attached hydrogens (tertiary/aromatic N) is 2. The molecule has 4 heteroatoms. The summed E-state index contributed by atoms with van der Waals surface area (Å²) in [7, 11) is 0. The Hall–Kier alpha value is -0.870. The van der Waals surface area contributed by atoms with Crippen LogP contribution in [0.4, 0.5) is 0 Å². The van der Waals surface area contributed by atoms with Crippen LogP contribution < -0.4 is 5.32 Å². The molecule has 1 aromatic heterocycles. The molecule has 0 radical (unpaired) electrons. The third kappa shape index (κ3) is 3.37. The van der Waals surface area contributed by atoms with Crippen molar-refractivity contribution < 1.29 is 5.11 Å². The number of hydrogen-bond donors (Lipinski definition) is 2. The molecule has 0 spiro atoms. The molecular weight excluding hydrogens is 238 g/mol. The number of hydrogen-bond acceptors (Lipinski definition) is 3. The van der Waals surface area contributed by atoms with Crippen molar-refractivity contribution in [1.82, 2.24) is 15.1 Å². The first-order valence-corrected chi connectivity index (χ1v) is 7.46. The van der Waals surface area contributed by atoms with Crippen LogP contribution in [-0.2, 0) is 13.1 Å². The van der Waals surface area contributed by atoms with E-state index in [9.17, 15) is 0 Å². The molecule has 1 aromatic rings. The summed E-state index contributed by atoms with van der Waals surface area (Å²) in [6.07, 6.45) is 5.40. The Balaban J connectivity index is 1.89. The van der Waals surface area contributed by atoms with Crippen molar-refractivity contribution in [3.8, 4) is 0 Å². The predicted octanol–water partition coefficient (Wildman–Crippen LogP) is 2.16. The average molecular weight is 265 g/mol. The van der Waals surface area contributed by atoms with Crippen molar-refractivity contribution in [2.75, 3.05) is 13.2 Å². The van der Waals surface area contributed by atoms with Crippen molar-refractivity contribution >= 4 is 0 Å². The van der Waals surface area contributed by atoms with E-state index in [1.54, 1.807) is 0 Å². The lowest BCUT2D eigenvalue weighted by molar-refractivity contribution is 0.267. The Morgan fingerprint density at radius 1 is 1.37 bits per heavy atom. The molecule has 0 aliphatic heterocycles. The third-order valence-electron chi connectivity index (χ3n) is 4.38. The molecule has 0 aromatic carbocycles. The predicted molar refractivity (Wildman–Crippen MR) is 77.1 cm³/mol. The Morgan fingerprint density at radius 3 is 2.68 bits per heavy atom. The van der Waals surface area contributed by atoms with Gasteiger partial charge in [-0.15, -0.1) is 0 Å². The van der Waals surface area contributed by atoms with Gasteiger partial charge in [-0.25, -0.2) is 0 Å². The van der Waals surface area contributed by atoms with Crippen LogP contribution in [0, 0.1) is 19.3 Å². The number of aromatic nitrogens is 2. The van der Waals surface area contributed by atoms with E-state index in [4.69, 9.17) is 5.11 Å². The van der Waals surface area contributed by atoms with Crippen LogP contribution in [-0.4, -0.2) is 28.0 Å². The first-order chi connectivity index (χ1) is 9.12. The fourth-order valence-corrected chi connectivity index (χ4v) is 2.98. The van der Waals surface area contributed by atoms with E-state index in [1.165, 1.54) is 36.9 Å². The van der Waals surface area contributed by atoms with Gasteiger partial charge in [0.15, 0.2) is 0 Å². The summed E-state index contributed by atoms with van der Waals surface area (Å²) in [5, 5.41) is 17.1. The zero-order valence-electron chi connectivity index (χ0n) is 12.5. The van der Waals surface area contributed by atoms with Gasteiger partial charge in [0.1, 0.15) is 0 Å². The molecular formula is C15H27N3O. The fraction of sp³-hybridized carbons (Fsp3) is 0.800. The maximum Gasteiger partial charge on any atom is 0.0644 e. The fourth-order valence-electron chi connectivity index (χ4n) is 2.98. The highest BCUT2D eigenvalue weighted by atomic mass is 16.3. The largest absolute Gasteiger partial charge is 0.394 e. The van der Waals surface area contributed by atoms with Gasteiger partial charge in [-0.1, -0.05) is 13.3 Å². The lowest BCUT2D eigenvalue weighted by atomic mass is 10.0. The molecule has 108 valence electrons. The topological polar surface area (TPSA) is 50.1 Å². The molecule has 1 fully saturated rings. The molecule has 1 aliphatic carbocycles. The summed E-state index contributed by atoms with van der Waals surface area (Å²) in [5.41, 5.74) is 4.15. The summed E-state index contributed by atoms with van der Waals surface area (Å²) in [4.78, 5) is 0. The average Bonchev–Trinajstić information content (AvgIpc) is 3.08. The minimum Gasteiger partial charge on any atom is -0.394 e. The van der Waals surface area contributed by atoms with Crippen LogP contribution in [0.1, 0.15) is 49.6 Å². The third-order valence-corrected chi connectivity index (χ3v) is 4.38. The van der Waals surface area contributed by atoms with Gasteiger partial charge >= 0.3 is 0 Å². The minimum absolute atomic E-state index is 0.147.